The van der Waals surface area contributed by atoms with E-state index in [1.54, 1.807) is 36.7 Å². The predicted molar refractivity (Wildman–Crippen MR) is 127 cm³/mol. The highest BCUT2D eigenvalue weighted by molar-refractivity contribution is 7.87. The van der Waals surface area contributed by atoms with Crippen LogP contribution in [0.15, 0.2) is 67.0 Å². The van der Waals surface area contributed by atoms with Crippen molar-refractivity contribution in [2.24, 2.45) is 0 Å². The van der Waals surface area contributed by atoms with E-state index in [1.165, 1.54) is 4.68 Å². The van der Waals surface area contributed by atoms with Crippen LogP contribution in [0.25, 0.3) is 21.9 Å². The summed E-state index contributed by atoms with van der Waals surface area (Å²) in [6.07, 6.45) is 3.93. The van der Waals surface area contributed by atoms with Gasteiger partial charge in [-0.1, -0.05) is 42.5 Å². The van der Waals surface area contributed by atoms with Crippen molar-refractivity contribution in [2.75, 3.05) is 17.4 Å². The van der Waals surface area contributed by atoms with E-state index in [4.69, 9.17) is 4.74 Å². The fourth-order valence-electron chi connectivity index (χ4n) is 4.00. The second kappa shape index (κ2) is 8.91. The molecule has 0 aliphatic carbocycles. The van der Waals surface area contributed by atoms with Crippen LogP contribution in [0.1, 0.15) is 5.56 Å². The number of carbonyl (C=O) groups is 1. The minimum atomic E-state index is -4.44. The topological polar surface area (TPSA) is 102 Å². The highest BCUT2D eigenvalue weighted by Gasteiger charge is 2.47. The summed E-state index contributed by atoms with van der Waals surface area (Å²) in [6.45, 7) is -0.337. The number of benzene rings is 3. The molecule has 0 N–H and O–H groups in total. The fourth-order valence-corrected chi connectivity index (χ4v) is 5.25. The molecule has 1 aliphatic heterocycles. The number of nitroso groups, excluding NO2 is 1. The van der Waals surface area contributed by atoms with Gasteiger partial charge in [0, 0.05) is 22.1 Å². The number of nitrogens with zero attached hydrogens (tertiary/aromatic N) is 4. The molecule has 0 atom stereocenters. The van der Waals surface area contributed by atoms with E-state index < -0.39 is 16.0 Å². The zero-order valence-electron chi connectivity index (χ0n) is 18.4. The zero-order valence-corrected chi connectivity index (χ0v) is 19.2. The van der Waals surface area contributed by atoms with Crippen molar-refractivity contribution in [3.63, 3.8) is 0 Å². The molecule has 3 aromatic carbocycles. The smallest absolute Gasteiger partial charge is 0.487 e. The molecule has 0 radical (unpaired) electrons. The Morgan fingerprint density at radius 3 is 2.63 bits per heavy atom. The number of ether oxygens (including phenoxy) is 1. The maximum atomic E-state index is 16.0. The number of halogens is 1. The summed E-state index contributed by atoms with van der Waals surface area (Å²) in [5.41, 5.74) is 1.81. The van der Waals surface area contributed by atoms with Crippen LogP contribution < -0.4 is 9.04 Å². The van der Waals surface area contributed by atoms with Crippen LogP contribution >= 0.6 is 0 Å². The van der Waals surface area contributed by atoms with Crippen LogP contribution in [-0.4, -0.2) is 41.7 Å². The van der Waals surface area contributed by atoms with Gasteiger partial charge >= 0.3 is 10.2 Å². The molecule has 2 heterocycles. The van der Waals surface area contributed by atoms with Gasteiger partial charge in [-0.2, -0.15) is 9.40 Å². The maximum Gasteiger partial charge on any atom is 0.512 e. The van der Waals surface area contributed by atoms with Crippen LogP contribution in [0.4, 0.5) is 10.1 Å². The van der Waals surface area contributed by atoms with Gasteiger partial charge in [-0.15, -0.1) is 8.42 Å². The molecule has 0 saturated carbocycles. The van der Waals surface area contributed by atoms with Crippen molar-refractivity contribution in [3.8, 4) is 16.9 Å². The molecule has 1 saturated heterocycles. The number of anilines is 1. The molecule has 0 amide bonds. The minimum Gasteiger partial charge on any atom is -0.487 e. The second-order valence-corrected chi connectivity index (χ2v) is 9.72. The standard InChI is InChI=1S/C24H20FN4O5S/c25-23-21-12-18(20-14-26-27(15-20)10-11-30)6-7-19(21)13-22(34-16-17-4-2-1-3-5-17)24(23)28-8-9-29(31)35(28,32)33/h1-7,11-15H,8-10,16H2/q+1. The zero-order chi connectivity index (χ0) is 24.6. The number of carbonyl (C=O) groups excluding carboxylic acids is 1. The lowest BCUT2D eigenvalue weighted by Crippen LogP contribution is -2.29. The molecule has 35 heavy (non-hydrogen) atoms. The predicted octanol–water partition coefficient (Wildman–Crippen LogP) is 3.46. The van der Waals surface area contributed by atoms with Crippen molar-refractivity contribution in [3.05, 3.63) is 83.3 Å². The van der Waals surface area contributed by atoms with E-state index in [2.05, 4.69) is 5.10 Å². The number of aldehydes is 1. The molecule has 5 rings (SSSR count). The third-order valence-corrected chi connectivity index (χ3v) is 7.37. The van der Waals surface area contributed by atoms with E-state index in [-0.39, 0.29) is 47.2 Å². The monoisotopic (exact) mass is 495 g/mol. The number of hydrogen-bond acceptors (Lipinski definition) is 6. The highest BCUT2D eigenvalue weighted by atomic mass is 32.2. The van der Waals surface area contributed by atoms with Crippen molar-refractivity contribution in [2.45, 2.75) is 13.2 Å². The normalized spacial score (nSPS) is 15.0. The first-order valence-corrected chi connectivity index (χ1v) is 12.1. The molecule has 178 valence electrons. The van der Waals surface area contributed by atoms with Crippen LogP contribution in [0.5, 0.6) is 5.75 Å². The van der Waals surface area contributed by atoms with E-state index in [1.807, 2.05) is 30.3 Å². The summed E-state index contributed by atoms with van der Waals surface area (Å²) in [5, 5.41) is 4.76. The molecule has 0 unspecified atom stereocenters. The van der Waals surface area contributed by atoms with Crippen LogP contribution in [0.3, 0.4) is 0 Å². The Bertz CT molecular complexity index is 1550. The van der Waals surface area contributed by atoms with Gasteiger partial charge in [0.05, 0.1) is 12.7 Å². The van der Waals surface area contributed by atoms with Gasteiger partial charge in [-0.25, -0.2) is 4.39 Å². The molecular weight excluding hydrogens is 475 g/mol. The first-order valence-electron chi connectivity index (χ1n) is 10.8. The lowest BCUT2D eigenvalue weighted by molar-refractivity contribution is -0.375. The van der Waals surface area contributed by atoms with E-state index in [0.29, 0.717) is 16.5 Å². The van der Waals surface area contributed by atoms with Crippen LogP contribution in [0, 0.1) is 10.7 Å². The van der Waals surface area contributed by atoms with Gasteiger partial charge in [0.2, 0.25) is 6.54 Å². The van der Waals surface area contributed by atoms with Crippen molar-refractivity contribution in [1.82, 2.24) is 9.78 Å². The Hall–Kier alpha value is -4.12. The molecule has 1 aromatic heterocycles. The molecule has 4 aromatic rings. The van der Waals surface area contributed by atoms with Gasteiger partial charge < -0.3 is 9.53 Å². The first-order chi connectivity index (χ1) is 16.9. The van der Waals surface area contributed by atoms with E-state index in [9.17, 15) is 18.1 Å². The minimum absolute atomic E-state index is 0.0179. The first kappa shape index (κ1) is 22.7. The largest absolute Gasteiger partial charge is 0.512 e. The number of hydrogen-bond donors (Lipinski definition) is 0. The maximum absolute atomic E-state index is 16.0. The van der Waals surface area contributed by atoms with Crippen molar-refractivity contribution < 1.29 is 26.5 Å². The molecule has 1 aliphatic rings. The molecule has 11 heteroatoms. The van der Waals surface area contributed by atoms with Crippen LogP contribution in [-0.2, 0) is 28.2 Å². The summed E-state index contributed by atoms with van der Waals surface area (Å²) in [5.74, 6) is -0.796. The Kier molecular flexibility index (Phi) is 5.77. The second-order valence-electron chi connectivity index (χ2n) is 7.97. The molecule has 0 spiro atoms. The van der Waals surface area contributed by atoms with Gasteiger partial charge in [-0.05, 0) is 28.6 Å². The number of fused-ring (bicyclic) bond motifs is 1. The third-order valence-electron chi connectivity index (χ3n) is 5.75. The van der Waals surface area contributed by atoms with Crippen LogP contribution in [0.2, 0.25) is 0 Å². The Labute approximate surface area is 200 Å². The highest BCUT2D eigenvalue weighted by Crippen LogP contribution is 2.41. The summed E-state index contributed by atoms with van der Waals surface area (Å²) >= 11 is 0. The fraction of sp³-hybridized carbons (Fsp3) is 0.167. The molecule has 1 fully saturated rings. The van der Waals surface area contributed by atoms with E-state index in [0.717, 1.165) is 16.2 Å². The molecule has 0 bridgehead atoms. The quantitative estimate of drug-likeness (QED) is 0.288. The SMILES string of the molecule is O=CCn1cc(-c2ccc3cc(OCc4ccccc4)c(N4CC[N+](=O)S4(=O)=O)c(F)c3c2)cn1. The van der Waals surface area contributed by atoms with Crippen molar-refractivity contribution in [1.29, 1.82) is 0 Å². The lowest BCUT2D eigenvalue weighted by Gasteiger charge is -2.19. The van der Waals surface area contributed by atoms with Gasteiger partial charge in [0.15, 0.2) is 5.82 Å². The summed E-state index contributed by atoms with van der Waals surface area (Å²) in [6, 6.07) is 15.8. The van der Waals surface area contributed by atoms with Gasteiger partial charge in [-0.3, -0.25) is 4.68 Å². The molecule has 9 nitrogen and oxygen atoms in total. The van der Waals surface area contributed by atoms with Gasteiger partial charge in [0.25, 0.3) is 0 Å². The Morgan fingerprint density at radius 2 is 1.91 bits per heavy atom. The number of rotatable bonds is 7. The average Bonchev–Trinajstić information content (AvgIpc) is 3.43. The average molecular weight is 496 g/mol. The Morgan fingerprint density at radius 1 is 1.11 bits per heavy atom. The Balaban J connectivity index is 1.63. The number of aromatic nitrogens is 2. The summed E-state index contributed by atoms with van der Waals surface area (Å²) in [4.78, 5) is 22.7. The summed E-state index contributed by atoms with van der Waals surface area (Å²) in [7, 11) is -4.44. The van der Waals surface area contributed by atoms with Gasteiger partial charge in [0.1, 0.15) is 35.0 Å². The molecular formula is C24H20FN4O5S+. The lowest BCUT2D eigenvalue weighted by atomic mass is 10.0. The summed E-state index contributed by atoms with van der Waals surface area (Å²) < 4.78 is 49.3. The van der Waals surface area contributed by atoms with E-state index >= 15 is 4.39 Å². The van der Waals surface area contributed by atoms with Crippen molar-refractivity contribution >= 4 is 33.0 Å². The third kappa shape index (κ3) is 4.14.